The SMILES string of the molecule is CN(C)[C@H]1CN(C2CCc3cccc(F)c32)C[C@@H]1c1ccc(N2CCN(CC3CCN(C(=O)CNc4ccc5nnn(C6CCC(=O)NC6=O)c(=O)c5c4)CC3)CC2)cc1. The fourth-order valence-electron chi connectivity index (χ4n) is 10.3. The Kier molecular flexibility index (Phi) is 11.4. The fourth-order valence-corrected chi connectivity index (χ4v) is 10.3. The first-order valence-corrected chi connectivity index (χ1v) is 21.6. The van der Waals surface area contributed by atoms with Crippen molar-refractivity contribution in [1.82, 2.24) is 39.9 Å². The average molecular weight is 819 g/mol. The highest BCUT2D eigenvalue weighted by molar-refractivity contribution is 5.99. The molecule has 4 fully saturated rings. The van der Waals surface area contributed by atoms with Crippen LogP contribution in [0.1, 0.15) is 66.8 Å². The average Bonchev–Trinajstić information content (AvgIpc) is 3.91. The van der Waals surface area contributed by atoms with Gasteiger partial charge in [-0.1, -0.05) is 29.5 Å². The smallest absolute Gasteiger partial charge is 0.278 e. The monoisotopic (exact) mass is 818 g/mol. The molecule has 0 radical (unpaired) electrons. The van der Waals surface area contributed by atoms with Gasteiger partial charge in [-0.15, -0.1) is 5.10 Å². The predicted molar refractivity (Wildman–Crippen MR) is 227 cm³/mol. The number of hydrogen-bond donors (Lipinski definition) is 2. The van der Waals surface area contributed by atoms with E-state index in [1.807, 2.05) is 11.0 Å². The summed E-state index contributed by atoms with van der Waals surface area (Å²) in [6.45, 7) is 8.47. The number of halogens is 1. The van der Waals surface area contributed by atoms with Gasteiger partial charge in [0.2, 0.25) is 11.8 Å². The molecule has 1 aromatic heterocycles. The number of carbonyl (C=O) groups is 3. The quantitative estimate of drug-likeness (QED) is 0.228. The van der Waals surface area contributed by atoms with Gasteiger partial charge in [0.1, 0.15) is 17.4 Å². The van der Waals surface area contributed by atoms with Crippen molar-refractivity contribution in [2.75, 3.05) is 89.8 Å². The lowest BCUT2D eigenvalue weighted by Crippen LogP contribution is -2.49. The molecule has 2 unspecified atom stereocenters. The van der Waals surface area contributed by atoms with Crippen molar-refractivity contribution in [3.8, 4) is 0 Å². The van der Waals surface area contributed by atoms with Crippen molar-refractivity contribution in [2.45, 2.75) is 62.6 Å². The number of likely N-dealkylation sites (tertiary alicyclic amines) is 2. The molecule has 14 nitrogen and oxygen atoms in total. The van der Waals surface area contributed by atoms with Crippen LogP contribution in [0.3, 0.4) is 0 Å². The maximum Gasteiger partial charge on any atom is 0.278 e. The number of carbonyl (C=O) groups excluding carboxylic acids is 3. The lowest BCUT2D eigenvalue weighted by Gasteiger charge is -2.39. The Balaban J connectivity index is 0.725. The number of likely N-dealkylation sites (N-methyl/N-ethyl adjacent to an activating group) is 1. The number of imide groups is 1. The number of piperidine rings is 2. The van der Waals surface area contributed by atoms with Gasteiger partial charge in [0, 0.05) is 100 Å². The number of fused-ring (bicyclic) bond motifs is 2. The number of anilines is 2. The molecule has 3 aromatic carbocycles. The van der Waals surface area contributed by atoms with Crippen LogP contribution >= 0.6 is 0 Å². The zero-order chi connectivity index (χ0) is 41.5. The first kappa shape index (κ1) is 40.2. The van der Waals surface area contributed by atoms with Gasteiger partial charge in [0.25, 0.3) is 11.5 Å². The second kappa shape index (κ2) is 17.0. The van der Waals surface area contributed by atoms with Gasteiger partial charge in [0.05, 0.1) is 11.9 Å². The fraction of sp³-hybridized carbons (Fsp3) is 0.511. The van der Waals surface area contributed by atoms with Gasteiger partial charge >= 0.3 is 0 Å². The predicted octanol–water partition coefficient (Wildman–Crippen LogP) is 3.40. The summed E-state index contributed by atoms with van der Waals surface area (Å²) >= 11 is 0. The molecule has 5 aliphatic rings. The van der Waals surface area contributed by atoms with E-state index >= 15 is 0 Å². The summed E-state index contributed by atoms with van der Waals surface area (Å²) in [6, 6.07) is 19.5. The van der Waals surface area contributed by atoms with Crippen LogP contribution in [0.25, 0.3) is 10.9 Å². The van der Waals surface area contributed by atoms with Crippen LogP contribution in [0, 0.1) is 11.7 Å². The summed E-state index contributed by atoms with van der Waals surface area (Å²) in [5.74, 6) is -0.0643. The molecule has 9 rings (SSSR count). The Hall–Kier alpha value is -5.25. The zero-order valence-electron chi connectivity index (χ0n) is 34.6. The molecule has 5 heterocycles. The van der Waals surface area contributed by atoms with Gasteiger partial charge in [-0.05, 0) is 99.6 Å². The third-order valence-electron chi connectivity index (χ3n) is 13.8. The Morgan fingerprint density at radius 1 is 0.883 bits per heavy atom. The minimum atomic E-state index is -0.898. The van der Waals surface area contributed by atoms with Gasteiger partial charge < -0.3 is 20.0 Å². The Morgan fingerprint density at radius 3 is 2.40 bits per heavy atom. The van der Waals surface area contributed by atoms with E-state index in [4.69, 9.17) is 0 Å². The topological polar surface area (TPSA) is 139 Å². The minimum Gasteiger partial charge on any atom is -0.376 e. The molecule has 4 atom stereocenters. The molecule has 3 amide bonds. The van der Waals surface area contributed by atoms with E-state index in [0.717, 1.165) is 94.8 Å². The number of amides is 3. The van der Waals surface area contributed by atoms with E-state index in [0.29, 0.717) is 29.1 Å². The van der Waals surface area contributed by atoms with Crippen molar-refractivity contribution < 1.29 is 18.8 Å². The molecule has 0 spiro atoms. The van der Waals surface area contributed by atoms with Crippen LogP contribution in [0.15, 0.2) is 65.5 Å². The van der Waals surface area contributed by atoms with Crippen LogP contribution in [0.5, 0.6) is 0 Å². The van der Waals surface area contributed by atoms with Gasteiger partial charge in [-0.3, -0.25) is 34.3 Å². The van der Waals surface area contributed by atoms with E-state index in [2.05, 4.69) is 85.0 Å². The van der Waals surface area contributed by atoms with E-state index < -0.39 is 17.5 Å². The van der Waals surface area contributed by atoms with Crippen molar-refractivity contribution in [3.05, 3.63) is 93.5 Å². The number of benzene rings is 3. The number of hydrogen-bond acceptors (Lipinski definition) is 11. The molecule has 15 heteroatoms. The van der Waals surface area contributed by atoms with Crippen LogP contribution < -0.4 is 21.1 Å². The Labute approximate surface area is 349 Å². The van der Waals surface area contributed by atoms with E-state index in [1.165, 1.54) is 16.8 Å². The Morgan fingerprint density at radius 2 is 1.65 bits per heavy atom. The molecule has 60 heavy (non-hydrogen) atoms. The number of nitrogens with one attached hydrogen (secondary N) is 2. The zero-order valence-corrected chi connectivity index (χ0v) is 34.6. The first-order chi connectivity index (χ1) is 29.1. The lowest BCUT2D eigenvalue weighted by atomic mass is 9.93. The molecule has 0 bridgehead atoms. The molecule has 4 aromatic rings. The summed E-state index contributed by atoms with van der Waals surface area (Å²) in [7, 11) is 4.34. The van der Waals surface area contributed by atoms with E-state index in [1.54, 1.807) is 24.3 Å². The van der Waals surface area contributed by atoms with Crippen LogP contribution in [-0.4, -0.2) is 138 Å². The summed E-state index contributed by atoms with van der Waals surface area (Å²) in [5, 5.41) is 13.8. The Bertz CT molecular complexity index is 2300. The maximum atomic E-state index is 15.0. The van der Waals surface area contributed by atoms with E-state index in [9.17, 15) is 23.6 Å². The molecular weight excluding hydrogens is 764 g/mol. The molecule has 4 aliphatic heterocycles. The summed E-state index contributed by atoms with van der Waals surface area (Å²) in [4.78, 5) is 62.3. The standard InChI is InChI=1S/C45H55FN10O4/c1-51(2)40-28-55(38-13-8-31-4-3-5-36(46)43(31)38)27-35(40)30-6-10-33(11-7-30)53-22-20-52(21-23-53)26-29-16-18-54(19-17-29)42(58)25-47-32-9-12-37-34(24-32)45(60)56(50-49-37)39-14-15-41(57)48-44(39)59/h3-7,9-12,24,29,35,38-40,47H,8,13-23,25-28H2,1-2H3,(H,48,57,59)/t35-,38?,39?,40+/m1/s1. The van der Waals surface area contributed by atoms with Gasteiger partial charge in [0.15, 0.2) is 0 Å². The summed E-state index contributed by atoms with van der Waals surface area (Å²) < 4.78 is 16.0. The second-order valence-corrected chi connectivity index (χ2v) is 17.6. The lowest BCUT2D eigenvalue weighted by molar-refractivity contribution is -0.136. The molecule has 4 saturated heterocycles. The molecule has 2 N–H and O–H groups in total. The highest BCUT2D eigenvalue weighted by Crippen LogP contribution is 2.42. The number of nitrogens with zero attached hydrogens (tertiary/aromatic N) is 8. The van der Waals surface area contributed by atoms with Crippen molar-refractivity contribution >= 4 is 40.0 Å². The number of piperazine rings is 1. The highest BCUT2D eigenvalue weighted by atomic mass is 19.1. The number of aromatic nitrogens is 3. The van der Waals surface area contributed by atoms with Crippen LogP contribution in [-0.2, 0) is 20.8 Å². The molecular formula is C45H55FN10O4. The van der Waals surface area contributed by atoms with Crippen molar-refractivity contribution in [3.63, 3.8) is 0 Å². The largest absolute Gasteiger partial charge is 0.376 e. The van der Waals surface area contributed by atoms with E-state index in [-0.39, 0.29) is 48.4 Å². The minimum absolute atomic E-state index is 0.0134. The molecule has 0 saturated carbocycles. The summed E-state index contributed by atoms with van der Waals surface area (Å²) in [5.41, 5.74) is 5.22. The summed E-state index contributed by atoms with van der Waals surface area (Å²) in [6.07, 6.45) is 4.18. The normalized spacial score (nSPS) is 24.3. The number of rotatable bonds is 10. The van der Waals surface area contributed by atoms with Gasteiger partial charge in [-0.2, -0.15) is 4.68 Å². The van der Waals surface area contributed by atoms with Crippen LogP contribution in [0.2, 0.25) is 0 Å². The van der Waals surface area contributed by atoms with Crippen molar-refractivity contribution in [2.24, 2.45) is 5.92 Å². The molecule has 316 valence electrons. The van der Waals surface area contributed by atoms with Crippen LogP contribution in [0.4, 0.5) is 15.8 Å². The third kappa shape index (κ3) is 8.14. The maximum absolute atomic E-state index is 15.0. The third-order valence-corrected chi connectivity index (χ3v) is 13.8. The molecule has 1 aliphatic carbocycles. The highest BCUT2D eigenvalue weighted by Gasteiger charge is 2.41. The van der Waals surface area contributed by atoms with Crippen molar-refractivity contribution in [1.29, 1.82) is 0 Å². The number of aryl methyl sites for hydroxylation is 1. The van der Waals surface area contributed by atoms with Gasteiger partial charge in [-0.25, -0.2) is 4.39 Å². The first-order valence-electron chi connectivity index (χ1n) is 21.6. The second-order valence-electron chi connectivity index (χ2n) is 17.6.